The number of carbonyl (C=O) groups is 1. The lowest BCUT2D eigenvalue weighted by molar-refractivity contribution is -0.140. The highest BCUT2D eigenvalue weighted by Crippen LogP contribution is 2.20. The molecule has 114 valence electrons. The maximum absolute atomic E-state index is 12.4. The molecule has 0 fully saturated rings. The van der Waals surface area contributed by atoms with Crippen molar-refractivity contribution in [2.24, 2.45) is 0 Å². The van der Waals surface area contributed by atoms with Crippen molar-refractivity contribution in [3.63, 3.8) is 0 Å². The Hall–Kier alpha value is -1.90. The largest absolute Gasteiger partial charge is 0.406 e. The minimum Gasteiger partial charge on any atom is -0.351 e. The molecule has 21 heavy (non-hydrogen) atoms. The van der Waals surface area contributed by atoms with E-state index in [4.69, 9.17) is 0 Å². The minimum absolute atomic E-state index is 0.100. The molecule has 2 aromatic rings. The second-order valence-corrected chi connectivity index (χ2v) is 4.79. The molecule has 1 aromatic carbocycles. The summed E-state index contributed by atoms with van der Waals surface area (Å²) in [5, 5.41) is 2.58. The lowest BCUT2D eigenvalue weighted by Gasteiger charge is -2.07. The van der Waals surface area contributed by atoms with Crippen LogP contribution in [0.2, 0.25) is 0 Å². The Kier molecular flexibility index (Phi) is 4.31. The normalized spacial score (nSPS) is 11.8. The van der Waals surface area contributed by atoms with Crippen LogP contribution in [-0.4, -0.2) is 33.9 Å². The van der Waals surface area contributed by atoms with Crippen molar-refractivity contribution in [2.45, 2.75) is 12.7 Å². The molecule has 0 saturated heterocycles. The van der Waals surface area contributed by atoms with Gasteiger partial charge in [0.25, 0.3) is 5.91 Å². The van der Waals surface area contributed by atoms with E-state index < -0.39 is 18.4 Å². The van der Waals surface area contributed by atoms with E-state index >= 15 is 0 Å². The predicted molar refractivity (Wildman–Crippen MR) is 74.8 cm³/mol. The first-order valence-electron chi connectivity index (χ1n) is 6.00. The molecule has 9 heteroatoms. The van der Waals surface area contributed by atoms with Crippen LogP contribution < -0.4 is 11.0 Å². The van der Waals surface area contributed by atoms with Crippen molar-refractivity contribution >= 4 is 29.6 Å². The Morgan fingerprint density at radius 1 is 1.38 bits per heavy atom. The number of nitrogens with one attached hydrogen (secondary N) is 2. The predicted octanol–water partition coefficient (Wildman–Crippen LogP) is 1.55. The van der Waals surface area contributed by atoms with Crippen LogP contribution >= 0.6 is 12.6 Å². The lowest BCUT2D eigenvalue weighted by atomic mass is 10.2. The van der Waals surface area contributed by atoms with Crippen molar-refractivity contribution in [1.82, 2.24) is 14.9 Å². The summed E-state index contributed by atoms with van der Waals surface area (Å²) < 4.78 is 37.9. The van der Waals surface area contributed by atoms with Crippen LogP contribution in [-0.2, 0) is 6.54 Å². The highest BCUT2D eigenvalue weighted by atomic mass is 32.1. The topological polar surface area (TPSA) is 66.9 Å². The Labute approximate surface area is 122 Å². The average molecular weight is 319 g/mol. The molecule has 0 bridgehead atoms. The molecule has 0 radical (unpaired) electrons. The van der Waals surface area contributed by atoms with E-state index in [2.05, 4.69) is 22.9 Å². The first-order valence-corrected chi connectivity index (χ1v) is 6.63. The van der Waals surface area contributed by atoms with Gasteiger partial charge >= 0.3 is 11.9 Å². The van der Waals surface area contributed by atoms with Gasteiger partial charge in [0.2, 0.25) is 0 Å². The number of carbonyl (C=O) groups excluding carboxylic acids is 1. The van der Waals surface area contributed by atoms with E-state index in [1.54, 1.807) is 0 Å². The molecule has 1 amide bonds. The maximum Gasteiger partial charge on any atom is 0.406 e. The third-order valence-electron chi connectivity index (χ3n) is 2.77. The van der Waals surface area contributed by atoms with Gasteiger partial charge in [-0.15, -0.1) is 0 Å². The van der Waals surface area contributed by atoms with Gasteiger partial charge in [0.1, 0.15) is 6.54 Å². The number of H-pyrrole nitrogens is 1. The Bertz CT molecular complexity index is 721. The number of benzene rings is 1. The summed E-state index contributed by atoms with van der Waals surface area (Å²) in [6, 6.07) is 4.03. The summed E-state index contributed by atoms with van der Waals surface area (Å²) >= 11 is 3.95. The Balaban J connectivity index is 2.38. The second-order valence-electron chi connectivity index (χ2n) is 4.34. The number of alkyl halides is 3. The van der Waals surface area contributed by atoms with E-state index in [0.29, 0.717) is 16.9 Å². The van der Waals surface area contributed by atoms with Crippen LogP contribution in [0.15, 0.2) is 23.0 Å². The van der Waals surface area contributed by atoms with Crippen molar-refractivity contribution in [1.29, 1.82) is 0 Å². The molecule has 5 nitrogen and oxygen atoms in total. The molecule has 0 unspecified atom stereocenters. The molecule has 1 heterocycles. The van der Waals surface area contributed by atoms with E-state index in [1.807, 2.05) is 0 Å². The molecule has 0 aliphatic heterocycles. The molecule has 0 spiro atoms. The molecule has 0 aliphatic rings. The van der Waals surface area contributed by atoms with Crippen LogP contribution in [0.25, 0.3) is 11.0 Å². The van der Waals surface area contributed by atoms with Gasteiger partial charge in [0.15, 0.2) is 0 Å². The van der Waals surface area contributed by atoms with Gasteiger partial charge in [-0.3, -0.25) is 9.36 Å². The molecule has 0 atom stereocenters. The minimum atomic E-state index is -4.50. The fourth-order valence-electron chi connectivity index (χ4n) is 1.91. The first kappa shape index (κ1) is 15.5. The molecular weight excluding hydrogens is 307 g/mol. The van der Waals surface area contributed by atoms with Gasteiger partial charge in [-0.2, -0.15) is 25.8 Å². The van der Waals surface area contributed by atoms with E-state index in [9.17, 15) is 22.8 Å². The fourth-order valence-corrected chi connectivity index (χ4v) is 2.02. The summed E-state index contributed by atoms with van der Waals surface area (Å²) in [6.07, 6.45) is -4.50. The second kappa shape index (κ2) is 5.84. The zero-order chi connectivity index (χ0) is 15.6. The number of nitrogens with zero attached hydrogens (tertiary/aromatic N) is 1. The maximum atomic E-state index is 12.4. The van der Waals surface area contributed by atoms with Gasteiger partial charge in [0, 0.05) is 17.9 Å². The summed E-state index contributed by atoms with van der Waals surface area (Å²) in [4.78, 5) is 25.6. The summed E-state index contributed by atoms with van der Waals surface area (Å²) in [5.74, 6) is 0.0858. The van der Waals surface area contributed by atoms with Gasteiger partial charge in [-0.05, 0) is 18.2 Å². The van der Waals surface area contributed by atoms with Crippen LogP contribution in [0.4, 0.5) is 13.2 Å². The monoisotopic (exact) mass is 319 g/mol. The zero-order valence-electron chi connectivity index (χ0n) is 10.7. The van der Waals surface area contributed by atoms with Gasteiger partial charge in [-0.1, -0.05) is 0 Å². The summed E-state index contributed by atoms with van der Waals surface area (Å²) in [5.41, 5.74) is -0.328. The number of halogens is 3. The van der Waals surface area contributed by atoms with Gasteiger partial charge in [-0.25, -0.2) is 4.79 Å². The highest BCUT2D eigenvalue weighted by Gasteiger charge is 2.29. The smallest absolute Gasteiger partial charge is 0.351 e. The van der Waals surface area contributed by atoms with Crippen molar-refractivity contribution < 1.29 is 18.0 Å². The van der Waals surface area contributed by atoms with Crippen LogP contribution in [0, 0.1) is 0 Å². The third kappa shape index (κ3) is 3.60. The zero-order valence-corrected chi connectivity index (χ0v) is 11.6. The molecule has 2 N–H and O–H groups in total. The number of fused-ring (bicyclic) bond motifs is 1. The highest BCUT2D eigenvalue weighted by molar-refractivity contribution is 7.80. The van der Waals surface area contributed by atoms with E-state index in [-0.39, 0.29) is 22.5 Å². The van der Waals surface area contributed by atoms with Crippen molar-refractivity contribution in [2.75, 3.05) is 12.3 Å². The van der Waals surface area contributed by atoms with Crippen LogP contribution in [0.3, 0.4) is 0 Å². The SMILES string of the molecule is O=C(NCCS)c1ccc2c(c1)[nH]c(=O)n2CC(F)(F)F. The van der Waals surface area contributed by atoms with Crippen molar-refractivity contribution in [3.8, 4) is 0 Å². The van der Waals surface area contributed by atoms with E-state index in [0.717, 1.165) is 0 Å². The Morgan fingerprint density at radius 3 is 2.71 bits per heavy atom. The first-order chi connectivity index (χ1) is 9.81. The van der Waals surface area contributed by atoms with Crippen LogP contribution in [0.1, 0.15) is 10.4 Å². The quantitative estimate of drug-likeness (QED) is 0.749. The number of imidazole rings is 1. The number of hydrogen-bond donors (Lipinski definition) is 3. The fraction of sp³-hybridized carbons (Fsp3) is 0.333. The number of aromatic amines is 1. The summed E-state index contributed by atoms with van der Waals surface area (Å²) in [6.45, 7) is -1.01. The molecule has 2 rings (SSSR count). The van der Waals surface area contributed by atoms with Gasteiger partial charge in [0.05, 0.1) is 11.0 Å². The average Bonchev–Trinajstić information content (AvgIpc) is 2.70. The molecule has 1 aromatic heterocycles. The molecule has 0 saturated carbocycles. The lowest BCUT2D eigenvalue weighted by Crippen LogP contribution is -2.26. The standard InChI is InChI=1S/C12H12F3N3O2S/c13-12(14,15)6-18-9-2-1-7(10(19)16-3-4-21)5-8(9)17-11(18)20/h1-2,5,21H,3-4,6H2,(H,16,19)(H,17,20). The summed E-state index contributed by atoms with van der Waals surface area (Å²) in [7, 11) is 0. The third-order valence-corrected chi connectivity index (χ3v) is 2.99. The molecular formula is C12H12F3N3O2S. The number of thiol groups is 1. The number of aromatic nitrogens is 2. The van der Waals surface area contributed by atoms with Gasteiger partial charge < -0.3 is 10.3 Å². The Morgan fingerprint density at radius 2 is 2.10 bits per heavy atom. The number of rotatable bonds is 4. The van der Waals surface area contributed by atoms with Crippen LogP contribution in [0.5, 0.6) is 0 Å². The molecule has 0 aliphatic carbocycles. The number of hydrogen-bond acceptors (Lipinski definition) is 3. The van der Waals surface area contributed by atoms with E-state index in [1.165, 1.54) is 18.2 Å². The van der Waals surface area contributed by atoms with Crippen molar-refractivity contribution in [3.05, 3.63) is 34.2 Å². The number of amides is 1.